The summed E-state index contributed by atoms with van der Waals surface area (Å²) in [7, 11) is 1.67. The Morgan fingerprint density at radius 1 is 0.963 bits per heavy atom. The molecule has 1 saturated heterocycles. The van der Waals surface area contributed by atoms with Crippen molar-refractivity contribution in [3.63, 3.8) is 0 Å². The molecule has 1 unspecified atom stereocenters. The van der Waals surface area contributed by atoms with Crippen molar-refractivity contribution in [1.29, 1.82) is 0 Å². The van der Waals surface area contributed by atoms with E-state index in [4.69, 9.17) is 4.74 Å². The molecule has 0 radical (unpaired) electrons. The van der Waals surface area contributed by atoms with Crippen molar-refractivity contribution in [2.24, 2.45) is 0 Å². The van der Waals surface area contributed by atoms with Gasteiger partial charge in [-0.3, -0.25) is 9.59 Å². The van der Waals surface area contributed by atoms with Gasteiger partial charge in [-0.25, -0.2) is 0 Å². The fourth-order valence-corrected chi connectivity index (χ4v) is 3.65. The lowest BCUT2D eigenvalue weighted by Crippen LogP contribution is -2.21. The number of ether oxygens (including phenoxy) is 1. The standard InChI is InChI=1S/C23H35NO3/c1-3-4-5-6-7-8-9-10-11-12-16-27-20-15-13-14-19(17-20)22-21(25)18-24(2)23(22)26/h13-15,17,22H,3-12,16,18H2,1-2H3. The number of hydrogen-bond donors (Lipinski definition) is 0. The van der Waals surface area contributed by atoms with E-state index in [1.54, 1.807) is 7.05 Å². The van der Waals surface area contributed by atoms with E-state index in [1.807, 2.05) is 24.3 Å². The van der Waals surface area contributed by atoms with E-state index in [9.17, 15) is 9.59 Å². The van der Waals surface area contributed by atoms with E-state index >= 15 is 0 Å². The molecule has 27 heavy (non-hydrogen) atoms. The molecule has 2 rings (SSSR count). The first-order chi connectivity index (χ1) is 13.1. The van der Waals surface area contributed by atoms with Gasteiger partial charge in [-0.2, -0.15) is 0 Å². The Bertz CT molecular complexity index is 599. The second kappa shape index (κ2) is 11.8. The molecule has 1 amide bonds. The number of rotatable bonds is 13. The maximum Gasteiger partial charge on any atom is 0.237 e. The molecule has 0 saturated carbocycles. The van der Waals surface area contributed by atoms with Gasteiger partial charge in [0.25, 0.3) is 0 Å². The normalized spacial score (nSPS) is 17.0. The van der Waals surface area contributed by atoms with E-state index < -0.39 is 5.92 Å². The Kier molecular flexibility index (Phi) is 9.37. The fraction of sp³-hybridized carbons (Fsp3) is 0.652. The van der Waals surface area contributed by atoms with E-state index in [0.717, 1.165) is 17.7 Å². The molecule has 0 spiro atoms. The van der Waals surface area contributed by atoms with Crippen LogP contribution in [0.5, 0.6) is 5.75 Å². The molecule has 4 nitrogen and oxygen atoms in total. The summed E-state index contributed by atoms with van der Waals surface area (Å²) in [5.41, 5.74) is 0.745. The SMILES string of the molecule is CCCCCCCCCCCCOc1cccc(C2C(=O)CN(C)C2=O)c1. The lowest BCUT2D eigenvalue weighted by Gasteiger charge is -2.11. The predicted molar refractivity (Wildman–Crippen MR) is 109 cm³/mol. The summed E-state index contributed by atoms with van der Waals surface area (Å²) in [4.78, 5) is 25.7. The van der Waals surface area contributed by atoms with Crippen molar-refractivity contribution >= 4 is 11.7 Å². The van der Waals surface area contributed by atoms with Crippen LogP contribution in [0, 0.1) is 0 Å². The molecule has 1 aliphatic heterocycles. The monoisotopic (exact) mass is 373 g/mol. The molecule has 1 aromatic carbocycles. The van der Waals surface area contributed by atoms with Crippen LogP contribution in [0.2, 0.25) is 0 Å². The zero-order valence-electron chi connectivity index (χ0n) is 17.0. The van der Waals surface area contributed by atoms with Gasteiger partial charge in [-0.1, -0.05) is 76.8 Å². The lowest BCUT2D eigenvalue weighted by atomic mass is 9.96. The highest BCUT2D eigenvalue weighted by Crippen LogP contribution is 2.27. The number of carbonyl (C=O) groups excluding carboxylic acids is 2. The third kappa shape index (κ3) is 7.00. The Labute approximate surface area is 164 Å². The molecular formula is C23H35NO3. The molecule has 0 bridgehead atoms. The van der Waals surface area contributed by atoms with Gasteiger partial charge in [0, 0.05) is 7.05 Å². The quantitative estimate of drug-likeness (QED) is 0.356. The van der Waals surface area contributed by atoms with Crippen molar-refractivity contribution in [2.75, 3.05) is 20.2 Å². The Balaban J connectivity index is 1.62. The van der Waals surface area contributed by atoms with Crippen LogP contribution in [0.4, 0.5) is 0 Å². The van der Waals surface area contributed by atoms with Gasteiger partial charge in [0.2, 0.25) is 5.91 Å². The van der Waals surface area contributed by atoms with Gasteiger partial charge < -0.3 is 9.64 Å². The largest absolute Gasteiger partial charge is 0.494 e. The smallest absolute Gasteiger partial charge is 0.237 e. The highest BCUT2D eigenvalue weighted by molar-refractivity contribution is 6.12. The summed E-state index contributed by atoms with van der Waals surface area (Å²) in [6.07, 6.45) is 13.0. The van der Waals surface area contributed by atoms with Crippen LogP contribution in [0.15, 0.2) is 24.3 Å². The third-order valence-corrected chi connectivity index (χ3v) is 5.30. The molecular weight excluding hydrogens is 338 g/mol. The molecule has 0 aromatic heterocycles. The van der Waals surface area contributed by atoms with Crippen LogP contribution < -0.4 is 4.74 Å². The third-order valence-electron chi connectivity index (χ3n) is 5.30. The molecule has 1 aliphatic rings. The summed E-state index contributed by atoms with van der Waals surface area (Å²) in [6.45, 7) is 3.14. The van der Waals surface area contributed by atoms with Crippen molar-refractivity contribution in [3.8, 4) is 5.75 Å². The average molecular weight is 374 g/mol. The molecule has 1 fully saturated rings. The molecule has 1 atom stereocenters. The molecule has 1 heterocycles. The number of carbonyl (C=O) groups is 2. The molecule has 1 aromatic rings. The minimum absolute atomic E-state index is 0.0330. The molecule has 4 heteroatoms. The number of likely N-dealkylation sites (N-methyl/N-ethyl adjacent to an activating group) is 1. The Morgan fingerprint density at radius 3 is 2.19 bits per heavy atom. The summed E-state index contributed by atoms with van der Waals surface area (Å²) >= 11 is 0. The van der Waals surface area contributed by atoms with Crippen LogP contribution in [0.1, 0.15) is 82.6 Å². The van der Waals surface area contributed by atoms with Crippen LogP contribution in [-0.2, 0) is 9.59 Å². The molecule has 0 aliphatic carbocycles. The van der Waals surface area contributed by atoms with E-state index in [1.165, 1.54) is 62.7 Å². The van der Waals surface area contributed by atoms with Crippen molar-refractivity contribution in [2.45, 2.75) is 77.0 Å². The minimum Gasteiger partial charge on any atom is -0.494 e. The highest BCUT2D eigenvalue weighted by Gasteiger charge is 2.38. The fourth-order valence-electron chi connectivity index (χ4n) is 3.65. The number of Topliss-reactive ketones (excluding diaryl/α,β-unsaturated/α-hetero) is 1. The zero-order valence-corrected chi connectivity index (χ0v) is 17.0. The predicted octanol–water partition coefficient (Wildman–Crippen LogP) is 5.11. The first kappa shape index (κ1) is 21.5. The Morgan fingerprint density at radius 2 is 1.59 bits per heavy atom. The van der Waals surface area contributed by atoms with Crippen molar-refractivity contribution in [3.05, 3.63) is 29.8 Å². The number of ketones is 1. The van der Waals surface area contributed by atoms with E-state index in [0.29, 0.717) is 6.61 Å². The summed E-state index contributed by atoms with van der Waals surface area (Å²) < 4.78 is 5.84. The molecule has 150 valence electrons. The zero-order chi connectivity index (χ0) is 19.5. The van der Waals surface area contributed by atoms with Gasteiger partial charge in [-0.15, -0.1) is 0 Å². The number of benzene rings is 1. The minimum atomic E-state index is -0.657. The average Bonchev–Trinajstić information content (AvgIpc) is 2.92. The second-order valence-electron chi connectivity index (χ2n) is 7.70. The van der Waals surface area contributed by atoms with Gasteiger partial charge >= 0.3 is 0 Å². The maximum absolute atomic E-state index is 12.2. The number of amides is 1. The van der Waals surface area contributed by atoms with Gasteiger partial charge in [-0.05, 0) is 24.1 Å². The number of nitrogens with zero attached hydrogens (tertiary/aromatic N) is 1. The maximum atomic E-state index is 12.2. The van der Waals surface area contributed by atoms with Gasteiger partial charge in [0.15, 0.2) is 5.78 Å². The number of hydrogen-bond acceptors (Lipinski definition) is 3. The first-order valence-electron chi connectivity index (χ1n) is 10.6. The second-order valence-corrected chi connectivity index (χ2v) is 7.70. The van der Waals surface area contributed by atoms with Gasteiger partial charge in [0.05, 0.1) is 13.2 Å². The Hall–Kier alpha value is -1.84. The van der Waals surface area contributed by atoms with Gasteiger partial charge in [0.1, 0.15) is 11.7 Å². The number of likely N-dealkylation sites (tertiary alicyclic amines) is 1. The topological polar surface area (TPSA) is 46.6 Å². The van der Waals surface area contributed by atoms with Crippen LogP contribution in [-0.4, -0.2) is 36.8 Å². The molecule has 0 N–H and O–H groups in total. The van der Waals surface area contributed by atoms with Crippen molar-refractivity contribution in [1.82, 2.24) is 4.90 Å². The van der Waals surface area contributed by atoms with E-state index in [2.05, 4.69) is 6.92 Å². The first-order valence-corrected chi connectivity index (χ1v) is 10.6. The van der Waals surface area contributed by atoms with Crippen LogP contribution in [0.25, 0.3) is 0 Å². The van der Waals surface area contributed by atoms with Crippen LogP contribution >= 0.6 is 0 Å². The van der Waals surface area contributed by atoms with Crippen LogP contribution in [0.3, 0.4) is 0 Å². The number of unbranched alkanes of at least 4 members (excludes halogenated alkanes) is 9. The van der Waals surface area contributed by atoms with E-state index in [-0.39, 0.29) is 18.2 Å². The summed E-state index contributed by atoms with van der Waals surface area (Å²) in [5, 5.41) is 0. The summed E-state index contributed by atoms with van der Waals surface area (Å²) in [6, 6.07) is 7.44. The lowest BCUT2D eigenvalue weighted by molar-refractivity contribution is -0.128. The summed E-state index contributed by atoms with van der Waals surface area (Å²) in [5.74, 6) is -0.0596. The highest BCUT2D eigenvalue weighted by atomic mass is 16.5. The van der Waals surface area contributed by atoms with Crippen molar-refractivity contribution < 1.29 is 14.3 Å².